The van der Waals surface area contributed by atoms with Gasteiger partial charge in [-0.25, -0.2) is 4.98 Å². The zero-order valence-corrected chi connectivity index (χ0v) is 15.5. The van der Waals surface area contributed by atoms with Crippen molar-refractivity contribution in [3.05, 3.63) is 46.4 Å². The summed E-state index contributed by atoms with van der Waals surface area (Å²) in [7, 11) is 2.82. The predicted octanol–water partition coefficient (Wildman–Crippen LogP) is 2.81. The van der Waals surface area contributed by atoms with Crippen molar-refractivity contribution in [1.82, 2.24) is 14.8 Å². The summed E-state index contributed by atoms with van der Waals surface area (Å²) in [5.74, 6) is -1.19. The molecule has 0 spiro atoms. The van der Waals surface area contributed by atoms with Crippen LogP contribution in [0.15, 0.2) is 35.2 Å². The van der Waals surface area contributed by atoms with E-state index in [0.717, 1.165) is 4.90 Å². The minimum absolute atomic E-state index is 0.00147. The van der Waals surface area contributed by atoms with Crippen molar-refractivity contribution in [3.8, 4) is 5.75 Å². The number of amides is 2. The highest BCUT2D eigenvalue weighted by Gasteiger charge is 2.34. The van der Waals surface area contributed by atoms with Crippen molar-refractivity contribution in [1.29, 1.82) is 0 Å². The minimum Gasteiger partial charge on any atom is -0.487 e. The van der Waals surface area contributed by atoms with Crippen molar-refractivity contribution < 1.29 is 27.5 Å². The lowest BCUT2D eigenvalue weighted by atomic mass is 10.2. The number of benzene rings is 1. The molecule has 1 aromatic heterocycles. The number of nitrogens with zero attached hydrogens (tertiary/aromatic N) is 3. The molecule has 2 rings (SSSR count). The molecular formula is C17H18F3N3O3S. The summed E-state index contributed by atoms with van der Waals surface area (Å²) in [5, 5.41) is 1.80. The van der Waals surface area contributed by atoms with Crippen LogP contribution in [0.3, 0.4) is 0 Å². The van der Waals surface area contributed by atoms with Crippen LogP contribution in [-0.2, 0) is 11.4 Å². The van der Waals surface area contributed by atoms with E-state index in [4.69, 9.17) is 4.74 Å². The van der Waals surface area contributed by atoms with Crippen molar-refractivity contribution >= 4 is 23.2 Å². The quantitative estimate of drug-likeness (QED) is 0.716. The summed E-state index contributed by atoms with van der Waals surface area (Å²) in [6.07, 6.45) is -4.62. The van der Waals surface area contributed by atoms with Crippen molar-refractivity contribution in [2.24, 2.45) is 0 Å². The number of alkyl halides is 3. The molecule has 1 aromatic carbocycles. The molecule has 27 heavy (non-hydrogen) atoms. The van der Waals surface area contributed by atoms with Gasteiger partial charge >= 0.3 is 6.18 Å². The highest BCUT2D eigenvalue weighted by molar-refractivity contribution is 7.07. The topological polar surface area (TPSA) is 62.7 Å². The maximum atomic E-state index is 12.8. The van der Waals surface area contributed by atoms with E-state index in [9.17, 15) is 22.8 Å². The smallest absolute Gasteiger partial charge is 0.406 e. The fourth-order valence-electron chi connectivity index (χ4n) is 2.09. The Balaban J connectivity index is 2.15. The molecule has 2 amide bonds. The van der Waals surface area contributed by atoms with Crippen LogP contribution in [0, 0.1) is 0 Å². The standard InChI is InChI=1S/C17H18F3N3O3S/c1-22(2)15(24)7-23(10-17(18,19)20)16(25)12-4-3-5-14(6-12)26-8-13-9-27-11-21-13/h3-6,9,11H,7-8,10H2,1-2H3. The number of carbonyl (C=O) groups excluding carboxylic acids is 2. The first-order valence-electron chi connectivity index (χ1n) is 7.82. The average molecular weight is 401 g/mol. The molecule has 6 nitrogen and oxygen atoms in total. The molecule has 0 saturated carbocycles. The van der Waals surface area contributed by atoms with Gasteiger partial charge in [0.2, 0.25) is 5.91 Å². The molecule has 0 radical (unpaired) electrons. The predicted molar refractivity (Wildman–Crippen MR) is 93.5 cm³/mol. The highest BCUT2D eigenvalue weighted by atomic mass is 32.1. The third-order valence-corrected chi connectivity index (χ3v) is 4.07. The first kappa shape index (κ1) is 20.7. The van der Waals surface area contributed by atoms with Gasteiger partial charge in [0.05, 0.1) is 11.2 Å². The first-order chi connectivity index (χ1) is 12.7. The molecule has 0 saturated heterocycles. The van der Waals surface area contributed by atoms with E-state index in [1.807, 2.05) is 0 Å². The molecule has 0 unspecified atom stereocenters. The van der Waals surface area contributed by atoms with E-state index in [2.05, 4.69) is 4.98 Å². The van der Waals surface area contributed by atoms with Gasteiger partial charge in [0, 0.05) is 25.0 Å². The summed E-state index contributed by atoms with van der Waals surface area (Å²) in [6.45, 7) is -2.02. The van der Waals surface area contributed by atoms with Crippen LogP contribution in [0.4, 0.5) is 13.2 Å². The number of hydrogen-bond acceptors (Lipinski definition) is 5. The number of rotatable bonds is 7. The van der Waals surface area contributed by atoms with Crippen LogP contribution in [0.2, 0.25) is 0 Å². The van der Waals surface area contributed by atoms with Gasteiger partial charge in [-0.15, -0.1) is 11.3 Å². The van der Waals surface area contributed by atoms with Gasteiger partial charge < -0.3 is 14.5 Å². The minimum atomic E-state index is -4.62. The molecule has 0 bridgehead atoms. The second-order valence-corrected chi connectivity index (χ2v) is 6.58. The number of aromatic nitrogens is 1. The van der Waals surface area contributed by atoms with Gasteiger partial charge in [-0.2, -0.15) is 13.2 Å². The molecule has 0 fully saturated rings. The normalized spacial score (nSPS) is 11.1. The second kappa shape index (κ2) is 8.85. The molecule has 0 aliphatic carbocycles. The molecule has 0 atom stereocenters. The number of hydrogen-bond donors (Lipinski definition) is 0. The Bertz CT molecular complexity index is 779. The van der Waals surface area contributed by atoms with Crippen LogP contribution >= 0.6 is 11.3 Å². The number of halogens is 3. The zero-order valence-electron chi connectivity index (χ0n) is 14.7. The van der Waals surface area contributed by atoms with Crippen LogP contribution in [-0.4, -0.2) is 60.0 Å². The summed E-state index contributed by atoms with van der Waals surface area (Å²) in [4.78, 5) is 30.0. The number of thiazole rings is 1. The average Bonchev–Trinajstić information content (AvgIpc) is 3.11. The third-order valence-electron chi connectivity index (χ3n) is 3.43. The third kappa shape index (κ3) is 6.55. The lowest BCUT2D eigenvalue weighted by Crippen LogP contribution is -2.44. The van der Waals surface area contributed by atoms with E-state index < -0.39 is 31.1 Å². The first-order valence-corrected chi connectivity index (χ1v) is 8.76. The largest absolute Gasteiger partial charge is 0.487 e. The second-order valence-electron chi connectivity index (χ2n) is 5.86. The van der Waals surface area contributed by atoms with Crippen molar-refractivity contribution in [2.45, 2.75) is 12.8 Å². The Morgan fingerprint density at radius 1 is 1.26 bits per heavy atom. The highest BCUT2D eigenvalue weighted by Crippen LogP contribution is 2.21. The summed E-state index contributed by atoms with van der Waals surface area (Å²) < 4.78 is 44.0. The van der Waals surface area contributed by atoms with E-state index in [-0.39, 0.29) is 12.2 Å². The van der Waals surface area contributed by atoms with Gasteiger partial charge in [0.1, 0.15) is 25.4 Å². The molecule has 146 valence electrons. The van der Waals surface area contributed by atoms with E-state index in [0.29, 0.717) is 16.3 Å². The van der Waals surface area contributed by atoms with E-state index >= 15 is 0 Å². The van der Waals surface area contributed by atoms with Crippen molar-refractivity contribution in [2.75, 3.05) is 27.2 Å². The molecule has 0 N–H and O–H groups in total. The Morgan fingerprint density at radius 2 is 2.00 bits per heavy atom. The van der Waals surface area contributed by atoms with Gasteiger partial charge in [-0.05, 0) is 18.2 Å². The fraction of sp³-hybridized carbons (Fsp3) is 0.353. The molecule has 10 heteroatoms. The number of ether oxygens (including phenoxy) is 1. The van der Waals surface area contributed by atoms with Crippen LogP contribution < -0.4 is 4.74 Å². The Labute approximate surface area is 158 Å². The van der Waals surface area contributed by atoms with Crippen LogP contribution in [0.5, 0.6) is 5.75 Å². The Kier molecular flexibility index (Phi) is 6.78. The summed E-state index contributed by atoms with van der Waals surface area (Å²) in [6, 6.07) is 5.81. The molecular weight excluding hydrogens is 383 g/mol. The van der Waals surface area contributed by atoms with Gasteiger partial charge in [0.25, 0.3) is 5.91 Å². The zero-order chi connectivity index (χ0) is 20.0. The Hall–Kier alpha value is -2.62. The van der Waals surface area contributed by atoms with Crippen molar-refractivity contribution in [3.63, 3.8) is 0 Å². The maximum absolute atomic E-state index is 12.8. The number of likely N-dealkylation sites (N-methyl/N-ethyl adjacent to an activating group) is 1. The monoisotopic (exact) mass is 401 g/mol. The number of carbonyl (C=O) groups is 2. The van der Waals surface area contributed by atoms with E-state index in [1.165, 1.54) is 43.6 Å². The van der Waals surface area contributed by atoms with Crippen LogP contribution in [0.1, 0.15) is 16.1 Å². The molecule has 2 aromatic rings. The maximum Gasteiger partial charge on any atom is 0.406 e. The molecule has 0 aliphatic rings. The Morgan fingerprint density at radius 3 is 2.59 bits per heavy atom. The summed E-state index contributed by atoms with van der Waals surface area (Å²) in [5.41, 5.74) is 2.35. The molecule has 0 aliphatic heterocycles. The fourth-order valence-corrected chi connectivity index (χ4v) is 2.63. The summed E-state index contributed by atoms with van der Waals surface area (Å²) >= 11 is 1.41. The lowest BCUT2D eigenvalue weighted by Gasteiger charge is -2.25. The van der Waals surface area contributed by atoms with Gasteiger partial charge in [-0.3, -0.25) is 9.59 Å². The SMILES string of the molecule is CN(C)C(=O)CN(CC(F)(F)F)C(=O)c1cccc(OCc2cscn2)c1. The lowest BCUT2D eigenvalue weighted by molar-refractivity contribution is -0.146. The van der Waals surface area contributed by atoms with Crippen LogP contribution in [0.25, 0.3) is 0 Å². The van der Waals surface area contributed by atoms with Gasteiger partial charge in [0.15, 0.2) is 0 Å². The molecule has 1 heterocycles. The van der Waals surface area contributed by atoms with Gasteiger partial charge in [-0.1, -0.05) is 6.07 Å². The van der Waals surface area contributed by atoms with E-state index in [1.54, 1.807) is 17.0 Å².